The van der Waals surface area contributed by atoms with Gasteiger partial charge in [-0.2, -0.15) is 4.98 Å². The molecule has 0 radical (unpaired) electrons. The number of hydrogen-bond acceptors (Lipinski definition) is 9. The van der Waals surface area contributed by atoms with Crippen LogP contribution in [0.3, 0.4) is 0 Å². The average molecular weight is 568 g/mol. The van der Waals surface area contributed by atoms with E-state index in [2.05, 4.69) is 20.0 Å². The number of piperidine rings is 1. The van der Waals surface area contributed by atoms with Crippen LogP contribution in [0.2, 0.25) is 0 Å². The molecule has 0 saturated carbocycles. The average Bonchev–Trinajstić information content (AvgIpc) is 3.43. The Kier molecular flexibility index (Phi) is 7.81. The SMILES string of the molecule is CC(C)c1noc(N2CCC(Oc3ccnc4c(CCC(=O)c5ccc(S(N)(=O)=O)cc5F)cccc34)CC2)n1. The number of rotatable bonds is 9. The summed E-state index contributed by atoms with van der Waals surface area (Å²) in [6, 6.07) is 11.1. The van der Waals surface area contributed by atoms with Crippen LogP contribution in [0.1, 0.15) is 60.8 Å². The zero-order chi connectivity index (χ0) is 28.4. The maximum absolute atomic E-state index is 14.5. The first kappa shape index (κ1) is 27.7. The summed E-state index contributed by atoms with van der Waals surface area (Å²) >= 11 is 0. The Morgan fingerprint density at radius 1 is 1.20 bits per heavy atom. The molecule has 2 aromatic carbocycles. The minimum absolute atomic E-state index is 0.00264. The number of nitrogens with two attached hydrogens (primary N) is 1. The summed E-state index contributed by atoms with van der Waals surface area (Å²) < 4.78 is 49.2. The lowest BCUT2D eigenvalue weighted by Gasteiger charge is -2.31. The molecule has 1 aliphatic rings. The predicted octanol–water partition coefficient (Wildman–Crippen LogP) is 4.39. The van der Waals surface area contributed by atoms with Crippen molar-refractivity contribution < 1.29 is 26.9 Å². The van der Waals surface area contributed by atoms with Crippen molar-refractivity contribution in [2.75, 3.05) is 18.0 Å². The van der Waals surface area contributed by atoms with Gasteiger partial charge in [-0.25, -0.2) is 17.9 Å². The molecule has 0 bridgehead atoms. The van der Waals surface area contributed by atoms with Gasteiger partial charge in [0.2, 0.25) is 10.0 Å². The van der Waals surface area contributed by atoms with E-state index in [-0.39, 0.29) is 28.9 Å². The fourth-order valence-electron chi connectivity index (χ4n) is 4.73. The molecule has 1 saturated heterocycles. The smallest absolute Gasteiger partial charge is 0.324 e. The summed E-state index contributed by atoms with van der Waals surface area (Å²) in [5, 5.41) is 9.92. The molecule has 2 N–H and O–H groups in total. The molecule has 0 amide bonds. The summed E-state index contributed by atoms with van der Waals surface area (Å²) in [4.78, 5) is 23.4. The van der Waals surface area contributed by atoms with Gasteiger partial charge in [0, 0.05) is 49.9 Å². The fraction of sp³-hybridized carbons (Fsp3) is 0.357. The van der Waals surface area contributed by atoms with E-state index in [1.807, 2.05) is 38.1 Å². The molecule has 5 rings (SSSR count). The van der Waals surface area contributed by atoms with Gasteiger partial charge in [-0.3, -0.25) is 9.78 Å². The largest absolute Gasteiger partial charge is 0.490 e. The van der Waals surface area contributed by atoms with Crippen molar-refractivity contribution in [1.29, 1.82) is 0 Å². The van der Waals surface area contributed by atoms with Crippen LogP contribution in [0, 0.1) is 5.82 Å². The predicted molar refractivity (Wildman–Crippen MR) is 146 cm³/mol. The number of ether oxygens (including phenoxy) is 1. The van der Waals surface area contributed by atoms with Gasteiger partial charge in [-0.05, 0) is 42.3 Å². The Bertz CT molecular complexity index is 1650. The van der Waals surface area contributed by atoms with Crippen LogP contribution in [0.4, 0.5) is 10.4 Å². The Labute approximate surface area is 231 Å². The maximum Gasteiger partial charge on any atom is 0.324 e. The second kappa shape index (κ2) is 11.3. The summed E-state index contributed by atoms with van der Waals surface area (Å²) in [5.41, 5.74) is 1.35. The third-order valence-electron chi connectivity index (χ3n) is 6.96. The Morgan fingerprint density at radius 2 is 1.98 bits per heavy atom. The number of Topliss-reactive ketones (excluding diaryl/α,β-unsaturated/α-hetero) is 1. The summed E-state index contributed by atoms with van der Waals surface area (Å²) in [7, 11) is -4.06. The number of halogens is 1. The number of para-hydroxylation sites is 1. The normalized spacial score (nSPS) is 14.7. The zero-order valence-electron chi connectivity index (χ0n) is 22.2. The van der Waals surface area contributed by atoms with E-state index in [9.17, 15) is 17.6 Å². The monoisotopic (exact) mass is 567 g/mol. The second-order valence-electron chi connectivity index (χ2n) is 10.1. The number of fused-ring (bicyclic) bond motifs is 1. The van der Waals surface area contributed by atoms with Gasteiger partial charge in [0.05, 0.1) is 16.0 Å². The minimum Gasteiger partial charge on any atom is -0.490 e. The van der Waals surface area contributed by atoms with Crippen molar-refractivity contribution in [3.05, 3.63) is 71.4 Å². The number of aryl methyl sites for hydroxylation is 1. The molecule has 0 unspecified atom stereocenters. The lowest BCUT2D eigenvalue weighted by Crippen LogP contribution is -2.38. The summed E-state index contributed by atoms with van der Waals surface area (Å²) in [6.07, 6.45) is 3.59. The van der Waals surface area contributed by atoms with E-state index in [0.717, 1.165) is 55.1 Å². The van der Waals surface area contributed by atoms with Crippen molar-refractivity contribution in [2.24, 2.45) is 5.14 Å². The van der Waals surface area contributed by atoms with E-state index in [0.29, 0.717) is 29.5 Å². The summed E-state index contributed by atoms with van der Waals surface area (Å²) in [5.74, 6) is 0.233. The highest BCUT2D eigenvalue weighted by Crippen LogP contribution is 2.30. The van der Waals surface area contributed by atoms with E-state index in [1.54, 1.807) is 6.20 Å². The van der Waals surface area contributed by atoms with E-state index in [4.69, 9.17) is 14.4 Å². The highest BCUT2D eigenvalue weighted by atomic mass is 32.2. The van der Waals surface area contributed by atoms with E-state index in [1.165, 1.54) is 0 Å². The number of hydrogen-bond donors (Lipinski definition) is 1. The molecule has 40 heavy (non-hydrogen) atoms. The highest BCUT2D eigenvalue weighted by Gasteiger charge is 2.25. The van der Waals surface area contributed by atoms with Gasteiger partial charge < -0.3 is 14.2 Å². The van der Waals surface area contributed by atoms with Crippen LogP contribution in [0.5, 0.6) is 5.75 Å². The van der Waals surface area contributed by atoms with Crippen molar-refractivity contribution in [3.63, 3.8) is 0 Å². The van der Waals surface area contributed by atoms with Gasteiger partial charge in [0.15, 0.2) is 11.6 Å². The number of ketones is 1. The molecule has 0 atom stereocenters. The van der Waals surface area contributed by atoms with Crippen molar-refractivity contribution in [1.82, 2.24) is 15.1 Å². The van der Waals surface area contributed by atoms with Gasteiger partial charge in [-0.15, -0.1) is 0 Å². The first-order valence-corrected chi connectivity index (χ1v) is 14.6. The van der Waals surface area contributed by atoms with Gasteiger partial charge in [0.1, 0.15) is 17.7 Å². The molecule has 10 nitrogen and oxygen atoms in total. The van der Waals surface area contributed by atoms with Crippen LogP contribution in [0.15, 0.2) is 58.1 Å². The standard InChI is InChI=1S/C28H30FN5O5S/c1-17(2)27-32-28(39-33-27)34-14-11-19(12-15-34)38-25-10-13-31-26-18(4-3-5-22(25)26)6-9-24(35)21-8-7-20(16-23(21)29)40(30,36)37/h3-5,7-8,10,13,16-17,19H,6,9,11-12,14-15H2,1-2H3,(H2,30,36,37). The molecule has 0 aliphatic carbocycles. The number of anilines is 1. The fourth-order valence-corrected chi connectivity index (χ4v) is 5.26. The van der Waals surface area contributed by atoms with Crippen LogP contribution in [0.25, 0.3) is 10.9 Å². The number of carbonyl (C=O) groups is 1. The Morgan fingerprint density at radius 3 is 2.65 bits per heavy atom. The number of benzene rings is 2. The topological polar surface area (TPSA) is 142 Å². The van der Waals surface area contributed by atoms with Crippen LogP contribution in [-0.4, -0.2) is 48.5 Å². The highest BCUT2D eigenvalue weighted by molar-refractivity contribution is 7.89. The quantitative estimate of drug-likeness (QED) is 0.291. The van der Waals surface area contributed by atoms with Gasteiger partial charge in [0.25, 0.3) is 0 Å². The molecule has 0 spiro atoms. The molecule has 1 fully saturated rings. The first-order valence-electron chi connectivity index (χ1n) is 13.1. The van der Waals surface area contributed by atoms with Crippen LogP contribution < -0.4 is 14.8 Å². The molecule has 2 aromatic heterocycles. The lowest BCUT2D eigenvalue weighted by atomic mass is 10.00. The van der Waals surface area contributed by atoms with E-state index >= 15 is 0 Å². The number of nitrogens with zero attached hydrogens (tertiary/aromatic N) is 4. The molecule has 3 heterocycles. The number of sulfonamides is 1. The summed E-state index contributed by atoms with van der Waals surface area (Å²) in [6.45, 7) is 5.51. The zero-order valence-corrected chi connectivity index (χ0v) is 23.0. The maximum atomic E-state index is 14.5. The molecule has 12 heteroatoms. The lowest BCUT2D eigenvalue weighted by molar-refractivity contribution is 0.0979. The number of pyridine rings is 1. The second-order valence-corrected chi connectivity index (χ2v) is 11.7. The van der Waals surface area contributed by atoms with Crippen molar-refractivity contribution in [3.8, 4) is 5.75 Å². The first-order chi connectivity index (χ1) is 19.1. The van der Waals surface area contributed by atoms with E-state index < -0.39 is 21.6 Å². The Hall–Kier alpha value is -3.90. The molecule has 4 aromatic rings. The molecule has 1 aliphatic heterocycles. The van der Waals surface area contributed by atoms with Crippen LogP contribution >= 0.6 is 0 Å². The molecular formula is C28H30FN5O5S. The molecular weight excluding hydrogens is 537 g/mol. The molecule has 210 valence electrons. The van der Waals surface area contributed by atoms with Crippen molar-refractivity contribution >= 4 is 32.7 Å². The van der Waals surface area contributed by atoms with Gasteiger partial charge in [-0.1, -0.05) is 31.1 Å². The minimum atomic E-state index is -4.06. The third kappa shape index (κ3) is 5.97. The number of carbonyl (C=O) groups excluding carboxylic acids is 1. The number of aromatic nitrogens is 3. The van der Waals surface area contributed by atoms with Crippen molar-refractivity contribution in [2.45, 2.75) is 56.4 Å². The van der Waals surface area contributed by atoms with Crippen LogP contribution in [-0.2, 0) is 16.4 Å². The van der Waals surface area contributed by atoms with Gasteiger partial charge >= 0.3 is 6.01 Å². The third-order valence-corrected chi connectivity index (χ3v) is 7.87. The number of primary sulfonamides is 1. The Balaban J connectivity index is 1.25.